The Morgan fingerprint density at radius 3 is 2.76 bits per heavy atom. The minimum atomic E-state index is -0.141. The fourth-order valence-corrected chi connectivity index (χ4v) is 1.59. The molecule has 0 bridgehead atoms. The monoisotopic (exact) mass is 314 g/mol. The van der Waals surface area contributed by atoms with E-state index in [-0.39, 0.29) is 18.3 Å². The summed E-state index contributed by atoms with van der Waals surface area (Å²) in [5.74, 6) is 0.426. The van der Waals surface area contributed by atoms with E-state index < -0.39 is 0 Å². The van der Waals surface area contributed by atoms with Crippen molar-refractivity contribution >= 4 is 18.3 Å². The first-order valence-corrected chi connectivity index (χ1v) is 6.60. The second kappa shape index (κ2) is 12.2. The highest BCUT2D eigenvalue weighted by molar-refractivity contribution is 5.96. The van der Waals surface area contributed by atoms with Gasteiger partial charge in [-0.2, -0.15) is 0 Å². The van der Waals surface area contributed by atoms with Crippen molar-refractivity contribution in [2.45, 2.75) is 0 Å². The number of para-hydroxylation sites is 1. The molecule has 0 radical (unpaired) electrons. The van der Waals surface area contributed by atoms with Crippen LogP contribution in [0.3, 0.4) is 0 Å². The highest BCUT2D eigenvalue weighted by Gasteiger charge is 2.10. The van der Waals surface area contributed by atoms with Crippen molar-refractivity contribution in [2.75, 3.05) is 40.0 Å². The van der Waals surface area contributed by atoms with Crippen molar-refractivity contribution < 1.29 is 14.3 Å². The topological polar surface area (TPSA) is 59.6 Å². The Bertz CT molecular complexity index is 427. The standard InChI is InChI=1S/C15H22N2O3.ClH/c1-3-11-20-14-7-5-4-6-13(14)15(18)17-9-8-16-10-12-19-2;/h3-7,16H,1,8-12H2,2H3,(H,17,18);1H. The molecule has 5 nitrogen and oxygen atoms in total. The predicted octanol–water partition coefficient (Wildman–Crippen LogP) is 1.64. The van der Waals surface area contributed by atoms with Gasteiger partial charge in [-0.1, -0.05) is 24.8 Å². The third-order valence-electron chi connectivity index (χ3n) is 2.56. The number of amides is 1. The second-order valence-electron chi connectivity index (χ2n) is 4.09. The Hall–Kier alpha value is -1.56. The summed E-state index contributed by atoms with van der Waals surface area (Å²) in [6.45, 7) is 6.65. The molecule has 0 aromatic heterocycles. The first kappa shape index (κ1) is 19.4. The van der Waals surface area contributed by atoms with Crippen molar-refractivity contribution in [3.05, 3.63) is 42.5 Å². The quantitative estimate of drug-likeness (QED) is 0.509. The van der Waals surface area contributed by atoms with E-state index in [1.807, 2.05) is 12.1 Å². The minimum absolute atomic E-state index is 0. The molecule has 0 aliphatic rings. The summed E-state index contributed by atoms with van der Waals surface area (Å²) in [6, 6.07) is 7.16. The molecule has 0 aliphatic carbocycles. The van der Waals surface area contributed by atoms with Crippen molar-refractivity contribution in [1.29, 1.82) is 0 Å². The molecule has 0 atom stereocenters. The Balaban J connectivity index is 0.00000400. The van der Waals surface area contributed by atoms with Crippen LogP contribution in [0.2, 0.25) is 0 Å². The van der Waals surface area contributed by atoms with Gasteiger partial charge in [0.05, 0.1) is 12.2 Å². The predicted molar refractivity (Wildman–Crippen MR) is 86.5 cm³/mol. The molecule has 118 valence electrons. The number of carbonyl (C=O) groups excluding carboxylic acids is 1. The molecule has 0 aliphatic heterocycles. The average molecular weight is 315 g/mol. The van der Waals surface area contributed by atoms with Crippen LogP contribution in [0.1, 0.15) is 10.4 Å². The van der Waals surface area contributed by atoms with Crippen LogP contribution < -0.4 is 15.4 Å². The zero-order valence-corrected chi connectivity index (χ0v) is 13.1. The van der Waals surface area contributed by atoms with Crippen LogP contribution in [-0.4, -0.2) is 45.9 Å². The molecule has 2 N–H and O–H groups in total. The van der Waals surface area contributed by atoms with Gasteiger partial charge in [-0.25, -0.2) is 0 Å². The summed E-state index contributed by atoms with van der Waals surface area (Å²) in [5.41, 5.74) is 0.534. The fourth-order valence-electron chi connectivity index (χ4n) is 1.59. The highest BCUT2D eigenvalue weighted by atomic mass is 35.5. The Morgan fingerprint density at radius 1 is 1.29 bits per heavy atom. The van der Waals surface area contributed by atoms with Crippen LogP contribution in [0, 0.1) is 0 Å². The van der Waals surface area contributed by atoms with E-state index in [4.69, 9.17) is 9.47 Å². The molecule has 0 saturated carbocycles. The van der Waals surface area contributed by atoms with Gasteiger partial charge in [0, 0.05) is 26.7 Å². The molecular formula is C15H23ClN2O3. The van der Waals surface area contributed by atoms with Crippen molar-refractivity contribution in [3.8, 4) is 5.75 Å². The van der Waals surface area contributed by atoms with Crippen LogP contribution in [-0.2, 0) is 4.74 Å². The maximum atomic E-state index is 12.0. The van der Waals surface area contributed by atoms with E-state index in [1.165, 1.54) is 0 Å². The molecule has 0 unspecified atom stereocenters. The number of ether oxygens (including phenoxy) is 2. The van der Waals surface area contributed by atoms with E-state index in [0.29, 0.717) is 37.6 Å². The lowest BCUT2D eigenvalue weighted by Crippen LogP contribution is -2.33. The lowest BCUT2D eigenvalue weighted by molar-refractivity contribution is 0.0950. The normalized spacial score (nSPS) is 9.57. The smallest absolute Gasteiger partial charge is 0.255 e. The summed E-state index contributed by atoms with van der Waals surface area (Å²) in [5, 5.41) is 6.00. The lowest BCUT2D eigenvalue weighted by Gasteiger charge is -2.10. The first-order valence-electron chi connectivity index (χ1n) is 6.60. The average Bonchev–Trinajstić information content (AvgIpc) is 2.48. The first-order chi connectivity index (χ1) is 9.79. The Labute approximate surface area is 132 Å². The van der Waals surface area contributed by atoms with Gasteiger partial charge in [0.25, 0.3) is 5.91 Å². The summed E-state index contributed by atoms with van der Waals surface area (Å²) >= 11 is 0. The van der Waals surface area contributed by atoms with Gasteiger partial charge >= 0.3 is 0 Å². The maximum Gasteiger partial charge on any atom is 0.255 e. The van der Waals surface area contributed by atoms with Gasteiger partial charge < -0.3 is 20.1 Å². The summed E-state index contributed by atoms with van der Waals surface area (Å²) in [6.07, 6.45) is 1.65. The Morgan fingerprint density at radius 2 is 2.05 bits per heavy atom. The number of rotatable bonds is 10. The molecule has 1 aromatic carbocycles. The number of hydrogen-bond acceptors (Lipinski definition) is 4. The summed E-state index contributed by atoms with van der Waals surface area (Å²) in [7, 11) is 1.66. The van der Waals surface area contributed by atoms with Crippen LogP contribution in [0.25, 0.3) is 0 Å². The SMILES string of the molecule is C=CCOc1ccccc1C(=O)NCCNCCOC.Cl. The van der Waals surface area contributed by atoms with Crippen LogP contribution in [0.5, 0.6) is 5.75 Å². The molecule has 1 rings (SSSR count). The fraction of sp³-hybridized carbons (Fsp3) is 0.400. The molecule has 21 heavy (non-hydrogen) atoms. The van der Waals surface area contributed by atoms with Crippen molar-refractivity contribution in [1.82, 2.24) is 10.6 Å². The zero-order valence-electron chi connectivity index (χ0n) is 12.3. The second-order valence-corrected chi connectivity index (χ2v) is 4.09. The van der Waals surface area contributed by atoms with Crippen LogP contribution in [0.4, 0.5) is 0 Å². The minimum Gasteiger partial charge on any atom is -0.489 e. The molecule has 1 amide bonds. The molecule has 6 heteroatoms. The van der Waals surface area contributed by atoms with Gasteiger partial charge in [0.2, 0.25) is 0 Å². The van der Waals surface area contributed by atoms with Crippen LogP contribution in [0.15, 0.2) is 36.9 Å². The van der Waals surface area contributed by atoms with Gasteiger partial charge in [-0.3, -0.25) is 4.79 Å². The van der Waals surface area contributed by atoms with Gasteiger partial charge in [0.15, 0.2) is 0 Å². The number of halogens is 1. The highest BCUT2D eigenvalue weighted by Crippen LogP contribution is 2.17. The third kappa shape index (κ3) is 7.70. The molecular weight excluding hydrogens is 292 g/mol. The number of carbonyl (C=O) groups is 1. The van der Waals surface area contributed by atoms with E-state index in [0.717, 1.165) is 6.54 Å². The molecule has 0 saturated heterocycles. The van der Waals surface area contributed by atoms with E-state index >= 15 is 0 Å². The van der Waals surface area contributed by atoms with Gasteiger partial charge in [0.1, 0.15) is 12.4 Å². The van der Waals surface area contributed by atoms with E-state index in [2.05, 4.69) is 17.2 Å². The van der Waals surface area contributed by atoms with E-state index in [1.54, 1.807) is 25.3 Å². The van der Waals surface area contributed by atoms with Crippen LogP contribution >= 0.6 is 12.4 Å². The lowest BCUT2D eigenvalue weighted by atomic mass is 10.2. The largest absolute Gasteiger partial charge is 0.489 e. The van der Waals surface area contributed by atoms with Gasteiger partial charge in [-0.05, 0) is 12.1 Å². The van der Waals surface area contributed by atoms with Crippen molar-refractivity contribution in [2.24, 2.45) is 0 Å². The van der Waals surface area contributed by atoms with Gasteiger partial charge in [-0.15, -0.1) is 12.4 Å². The molecule has 1 aromatic rings. The summed E-state index contributed by atoms with van der Waals surface area (Å²) < 4.78 is 10.4. The molecule has 0 heterocycles. The number of benzene rings is 1. The van der Waals surface area contributed by atoms with E-state index in [9.17, 15) is 4.79 Å². The zero-order chi connectivity index (χ0) is 14.6. The number of hydrogen-bond donors (Lipinski definition) is 2. The maximum absolute atomic E-state index is 12.0. The number of methoxy groups -OCH3 is 1. The summed E-state index contributed by atoms with van der Waals surface area (Å²) in [4.78, 5) is 12.0. The van der Waals surface area contributed by atoms with Crippen molar-refractivity contribution in [3.63, 3.8) is 0 Å². The number of nitrogens with one attached hydrogen (secondary N) is 2. The molecule has 0 fully saturated rings. The third-order valence-corrected chi connectivity index (χ3v) is 2.56. The Kier molecular flexibility index (Phi) is 11.3. The molecule has 0 spiro atoms.